The average Bonchev–Trinajstić information content (AvgIpc) is 2.26. The van der Waals surface area contributed by atoms with Crippen LogP contribution in [0, 0.1) is 0 Å². The molecule has 1 aromatic rings. The summed E-state index contributed by atoms with van der Waals surface area (Å²) in [5.74, 6) is -1.06. The first-order chi connectivity index (χ1) is 7.54. The Balaban J connectivity index is 2.87. The summed E-state index contributed by atoms with van der Waals surface area (Å²) in [5.41, 5.74) is 5.85. The highest BCUT2D eigenvalue weighted by Crippen LogP contribution is 2.19. The summed E-state index contributed by atoms with van der Waals surface area (Å²) in [7, 11) is 1.28. The molecule has 0 saturated carbocycles. The highest BCUT2D eigenvalue weighted by atomic mass is 35.5. The molecule has 3 N–H and O–H groups in total. The van der Waals surface area contributed by atoms with E-state index in [0.29, 0.717) is 10.7 Å². The number of amides is 1. The number of carbonyl (C=O) groups excluding carboxylic acids is 2. The molecule has 1 rings (SSSR count). The van der Waals surface area contributed by atoms with Gasteiger partial charge in [-0.25, -0.2) is 0 Å². The highest BCUT2D eigenvalue weighted by molar-refractivity contribution is 6.31. The molecule has 0 heterocycles. The van der Waals surface area contributed by atoms with Gasteiger partial charge in [0.25, 0.3) is 5.91 Å². The van der Waals surface area contributed by atoms with Crippen LogP contribution in [0.15, 0.2) is 18.2 Å². The lowest BCUT2D eigenvalue weighted by Gasteiger charge is -2.09. The van der Waals surface area contributed by atoms with Crippen LogP contribution in [-0.4, -0.2) is 25.5 Å². The number of hydrogen-bond donors (Lipinski definition) is 2. The highest BCUT2D eigenvalue weighted by Gasteiger charge is 2.09. The Morgan fingerprint density at radius 1 is 1.50 bits per heavy atom. The molecule has 1 amide bonds. The molecule has 0 saturated heterocycles. The van der Waals surface area contributed by atoms with Crippen LogP contribution in [0.2, 0.25) is 5.02 Å². The predicted molar refractivity (Wildman–Crippen MR) is 60.5 cm³/mol. The van der Waals surface area contributed by atoms with Gasteiger partial charge < -0.3 is 15.8 Å². The van der Waals surface area contributed by atoms with Gasteiger partial charge >= 0.3 is 5.97 Å². The van der Waals surface area contributed by atoms with E-state index in [9.17, 15) is 9.59 Å². The Hall–Kier alpha value is -1.75. The molecular weight excluding hydrogens is 232 g/mol. The monoisotopic (exact) mass is 242 g/mol. The summed E-state index contributed by atoms with van der Waals surface area (Å²) in [4.78, 5) is 22.0. The zero-order chi connectivity index (χ0) is 12.1. The number of primary amides is 1. The first kappa shape index (κ1) is 12.3. The second kappa shape index (κ2) is 5.37. The average molecular weight is 243 g/mol. The lowest BCUT2D eigenvalue weighted by Crippen LogP contribution is -2.19. The third kappa shape index (κ3) is 3.13. The van der Waals surface area contributed by atoms with Crippen molar-refractivity contribution in [2.24, 2.45) is 5.73 Å². The number of esters is 1. The molecule has 0 aromatic heterocycles. The summed E-state index contributed by atoms with van der Waals surface area (Å²) in [6.45, 7) is -0.0432. The zero-order valence-electron chi connectivity index (χ0n) is 8.62. The smallest absolute Gasteiger partial charge is 0.325 e. The number of carbonyl (C=O) groups is 2. The Labute approximate surface area is 97.5 Å². The quantitative estimate of drug-likeness (QED) is 0.773. The SMILES string of the molecule is COC(=O)CNc1ccc(Cl)cc1C(N)=O. The van der Waals surface area contributed by atoms with Crippen molar-refractivity contribution in [2.45, 2.75) is 0 Å². The van der Waals surface area contributed by atoms with Gasteiger partial charge in [-0.15, -0.1) is 0 Å². The summed E-state index contributed by atoms with van der Waals surface area (Å²) in [5, 5.41) is 3.14. The van der Waals surface area contributed by atoms with E-state index < -0.39 is 11.9 Å². The minimum absolute atomic E-state index is 0.0432. The summed E-state index contributed by atoms with van der Waals surface area (Å²) in [6.07, 6.45) is 0. The molecule has 0 bridgehead atoms. The van der Waals surface area contributed by atoms with Gasteiger partial charge in [-0.3, -0.25) is 9.59 Å². The van der Waals surface area contributed by atoms with E-state index in [1.165, 1.54) is 13.2 Å². The molecule has 0 aliphatic rings. The number of nitrogens with two attached hydrogens (primary N) is 1. The molecule has 16 heavy (non-hydrogen) atoms. The molecule has 0 unspecified atom stereocenters. The number of nitrogens with one attached hydrogen (secondary N) is 1. The van der Waals surface area contributed by atoms with Crippen molar-refractivity contribution < 1.29 is 14.3 Å². The lowest BCUT2D eigenvalue weighted by atomic mass is 10.1. The maximum atomic E-state index is 11.1. The molecule has 0 spiro atoms. The van der Waals surface area contributed by atoms with E-state index in [4.69, 9.17) is 17.3 Å². The van der Waals surface area contributed by atoms with Crippen molar-refractivity contribution >= 4 is 29.2 Å². The van der Waals surface area contributed by atoms with Crippen molar-refractivity contribution in [3.8, 4) is 0 Å². The van der Waals surface area contributed by atoms with Crippen molar-refractivity contribution in [2.75, 3.05) is 19.0 Å². The molecule has 0 fully saturated rings. The van der Waals surface area contributed by atoms with Crippen LogP contribution in [0.4, 0.5) is 5.69 Å². The normalized spacial score (nSPS) is 9.62. The molecule has 0 radical (unpaired) electrons. The van der Waals surface area contributed by atoms with E-state index in [2.05, 4.69) is 10.1 Å². The molecular formula is C10H11ClN2O3. The van der Waals surface area contributed by atoms with Crippen molar-refractivity contribution in [3.63, 3.8) is 0 Å². The van der Waals surface area contributed by atoms with Crippen LogP contribution in [-0.2, 0) is 9.53 Å². The van der Waals surface area contributed by atoms with Crippen LogP contribution < -0.4 is 11.1 Å². The van der Waals surface area contributed by atoms with Crippen LogP contribution in [0.5, 0.6) is 0 Å². The van der Waals surface area contributed by atoms with Crippen molar-refractivity contribution in [1.82, 2.24) is 0 Å². The minimum atomic E-state index is -0.616. The summed E-state index contributed by atoms with van der Waals surface area (Å²) < 4.78 is 4.45. The van der Waals surface area contributed by atoms with E-state index in [0.717, 1.165) is 0 Å². The molecule has 6 heteroatoms. The van der Waals surface area contributed by atoms with Crippen molar-refractivity contribution in [3.05, 3.63) is 28.8 Å². The number of ether oxygens (including phenoxy) is 1. The van der Waals surface area contributed by atoms with Gasteiger partial charge in [0.1, 0.15) is 6.54 Å². The predicted octanol–water partition coefficient (Wildman–Crippen LogP) is 1.02. The third-order valence-corrected chi connectivity index (χ3v) is 2.13. The van der Waals surface area contributed by atoms with Crippen LogP contribution >= 0.6 is 11.6 Å². The van der Waals surface area contributed by atoms with Gasteiger partial charge in [0.15, 0.2) is 0 Å². The van der Waals surface area contributed by atoms with Crippen LogP contribution in [0.1, 0.15) is 10.4 Å². The van der Waals surface area contributed by atoms with E-state index in [1.54, 1.807) is 12.1 Å². The Bertz CT molecular complexity index is 421. The van der Waals surface area contributed by atoms with Crippen molar-refractivity contribution in [1.29, 1.82) is 0 Å². The second-order valence-electron chi connectivity index (χ2n) is 2.98. The third-order valence-electron chi connectivity index (χ3n) is 1.90. The van der Waals surface area contributed by atoms with Gasteiger partial charge in [0.2, 0.25) is 0 Å². The topological polar surface area (TPSA) is 81.4 Å². The lowest BCUT2D eigenvalue weighted by molar-refractivity contribution is -0.138. The number of hydrogen-bond acceptors (Lipinski definition) is 4. The van der Waals surface area contributed by atoms with E-state index >= 15 is 0 Å². The minimum Gasteiger partial charge on any atom is -0.468 e. The Kier molecular flexibility index (Phi) is 4.13. The zero-order valence-corrected chi connectivity index (χ0v) is 9.38. The number of anilines is 1. The Morgan fingerprint density at radius 3 is 2.75 bits per heavy atom. The van der Waals surface area contributed by atoms with Gasteiger partial charge in [0, 0.05) is 10.7 Å². The molecule has 0 aliphatic carbocycles. The number of halogens is 1. The number of rotatable bonds is 4. The number of benzene rings is 1. The number of methoxy groups -OCH3 is 1. The van der Waals surface area contributed by atoms with E-state index in [-0.39, 0.29) is 12.1 Å². The fourth-order valence-electron chi connectivity index (χ4n) is 1.11. The maximum Gasteiger partial charge on any atom is 0.325 e. The van der Waals surface area contributed by atoms with Gasteiger partial charge in [-0.2, -0.15) is 0 Å². The first-order valence-electron chi connectivity index (χ1n) is 4.44. The summed E-state index contributed by atoms with van der Waals surface area (Å²) >= 11 is 5.72. The molecule has 5 nitrogen and oxygen atoms in total. The van der Waals surface area contributed by atoms with Gasteiger partial charge in [0.05, 0.1) is 12.7 Å². The molecule has 0 aliphatic heterocycles. The van der Waals surface area contributed by atoms with Gasteiger partial charge in [-0.05, 0) is 18.2 Å². The van der Waals surface area contributed by atoms with Crippen LogP contribution in [0.25, 0.3) is 0 Å². The largest absolute Gasteiger partial charge is 0.468 e. The van der Waals surface area contributed by atoms with Crippen LogP contribution in [0.3, 0.4) is 0 Å². The first-order valence-corrected chi connectivity index (χ1v) is 4.82. The maximum absolute atomic E-state index is 11.1. The molecule has 0 atom stereocenters. The fraction of sp³-hybridized carbons (Fsp3) is 0.200. The van der Waals surface area contributed by atoms with E-state index in [1.807, 2.05) is 0 Å². The Morgan fingerprint density at radius 2 is 2.19 bits per heavy atom. The van der Waals surface area contributed by atoms with Gasteiger partial charge in [-0.1, -0.05) is 11.6 Å². The molecule has 86 valence electrons. The summed E-state index contributed by atoms with van der Waals surface area (Å²) in [6, 6.07) is 4.60. The fourth-order valence-corrected chi connectivity index (χ4v) is 1.29. The standard InChI is InChI=1S/C10H11ClN2O3/c1-16-9(14)5-13-8-3-2-6(11)4-7(8)10(12)15/h2-4,13H,5H2,1H3,(H2,12,15). The second-order valence-corrected chi connectivity index (χ2v) is 3.42. The molecule has 1 aromatic carbocycles.